The Bertz CT molecular complexity index is 525. The molecule has 2 aliphatic rings. The number of hydrogen-bond acceptors (Lipinski definition) is 2. The Hall–Kier alpha value is -1.84. The van der Waals surface area contributed by atoms with Gasteiger partial charge >= 0.3 is 0 Å². The van der Waals surface area contributed by atoms with Gasteiger partial charge in [0.25, 0.3) is 0 Å². The summed E-state index contributed by atoms with van der Waals surface area (Å²) in [7, 11) is 0. The first-order valence-corrected chi connectivity index (χ1v) is 7.85. The van der Waals surface area contributed by atoms with Gasteiger partial charge in [-0.2, -0.15) is 0 Å². The average Bonchev–Trinajstić information content (AvgIpc) is 3.30. The molecule has 1 saturated heterocycles. The van der Waals surface area contributed by atoms with Crippen LogP contribution in [0.2, 0.25) is 0 Å². The molecule has 1 aliphatic heterocycles. The van der Waals surface area contributed by atoms with Crippen LogP contribution in [0.5, 0.6) is 0 Å². The molecule has 0 bridgehead atoms. The van der Waals surface area contributed by atoms with Crippen molar-refractivity contribution in [2.75, 3.05) is 6.54 Å². The van der Waals surface area contributed by atoms with Crippen molar-refractivity contribution in [1.82, 2.24) is 10.2 Å². The third kappa shape index (κ3) is 2.94. The summed E-state index contributed by atoms with van der Waals surface area (Å²) in [6.07, 6.45) is 3.59. The average molecular weight is 286 g/mol. The molecule has 1 aromatic carbocycles. The van der Waals surface area contributed by atoms with E-state index in [4.69, 9.17) is 0 Å². The van der Waals surface area contributed by atoms with Gasteiger partial charge in [0.2, 0.25) is 11.8 Å². The van der Waals surface area contributed by atoms with Crippen LogP contribution in [-0.4, -0.2) is 35.3 Å². The predicted molar refractivity (Wildman–Crippen MR) is 80.6 cm³/mol. The molecule has 2 atom stereocenters. The molecule has 4 nitrogen and oxygen atoms in total. The molecule has 1 saturated carbocycles. The molecule has 2 unspecified atom stereocenters. The van der Waals surface area contributed by atoms with Crippen molar-refractivity contribution in [3.63, 3.8) is 0 Å². The molecule has 1 aliphatic carbocycles. The number of rotatable bonds is 5. The Balaban J connectivity index is 1.77. The molecule has 0 radical (unpaired) electrons. The maximum atomic E-state index is 12.7. The van der Waals surface area contributed by atoms with E-state index in [0.717, 1.165) is 24.8 Å². The highest BCUT2D eigenvalue weighted by molar-refractivity contribution is 5.97. The Labute approximate surface area is 125 Å². The Kier molecular flexibility index (Phi) is 3.95. The number of nitrogens with one attached hydrogen (secondary N) is 1. The standard InChI is InChI=1S/C17H22N2O2/c1-2-10-19-15(13-8-9-13)16(20)18-14(17(19)21)11-12-6-4-3-5-7-12/h3-7,13-15H,2,8-11H2,1H3,(H,18,20). The van der Waals surface area contributed by atoms with E-state index < -0.39 is 6.04 Å². The Morgan fingerprint density at radius 1 is 1.19 bits per heavy atom. The fourth-order valence-electron chi connectivity index (χ4n) is 3.16. The first-order chi connectivity index (χ1) is 10.2. The van der Waals surface area contributed by atoms with Gasteiger partial charge in [0.15, 0.2) is 0 Å². The first-order valence-electron chi connectivity index (χ1n) is 7.85. The van der Waals surface area contributed by atoms with Crippen LogP contribution in [0, 0.1) is 5.92 Å². The number of benzene rings is 1. The third-order valence-corrected chi connectivity index (χ3v) is 4.32. The van der Waals surface area contributed by atoms with Crippen LogP contribution in [0.15, 0.2) is 30.3 Å². The van der Waals surface area contributed by atoms with Gasteiger partial charge in [-0.25, -0.2) is 0 Å². The quantitative estimate of drug-likeness (QED) is 0.896. The lowest BCUT2D eigenvalue weighted by Crippen LogP contribution is -2.64. The van der Waals surface area contributed by atoms with Gasteiger partial charge in [-0.15, -0.1) is 0 Å². The zero-order valence-corrected chi connectivity index (χ0v) is 12.4. The van der Waals surface area contributed by atoms with E-state index in [9.17, 15) is 9.59 Å². The normalized spacial score (nSPS) is 25.9. The number of piperazine rings is 1. The highest BCUT2D eigenvalue weighted by Gasteiger charge is 2.47. The van der Waals surface area contributed by atoms with Crippen molar-refractivity contribution < 1.29 is 9.59 Å². The van der Waals surface area contributed by atoms with Crippen LogP contribution in [-0.2, 0) is 16.0 Å². The third-order valence-electron chi connectivity index (χ3n) is 4.32. The molecule has 1 aromatic rings. The lowest BCUT2D eigenvalue weighted by molar-refractivity contribution is -0.150. The second-order valence-electron chi connectivity index (χ2n) is 6.06. The number of nitrogens with zero attached hydrogens (tertiary/aromatic N) is 1. The zero-order chi connectivity index (χ0) is 14.8. The smallest absolute Gasteiger partial charge is 0.246 e. The van der Waals surface area contributed by atoms with E-state index in [2.05, 4.69) is 12.2 Å². The summed E-state index contributed by atoms with van der Waals surface area (Å²) in [6.45, 7) is 2.73. The fourth-order valence-corrected chi connectivity index (χ4v) is 3.16. The molecule has 1 heterocycles. The molecule has 112 valence electrons. The first kappa shape index (κ1) is 14.1. The van der Waals surface area contributed by atoms with E-state index >= 15 is 0 Å². The van der Waals surface area contributed by atoms with Gasteiger partial charge in [-0.3, -0.25) is 9.59 Å². The van der Waals surface area contributed by atoms with Gasteiger partial charge in [0, 0.05) is 13.0 Å². The van der Waals surface area contributed by atoms with E-state index in [0.29, 0.717) is 18.9 Å². The van der Waals surface area contributed by atoms with E-state index in [1.807, 2.05) is 35.2 Å². The molecule has 2 amide bonds. The minimum Gasteiger partial charge on any atom is -0.342 e. The van der Waals surface area contributed by atoms with Gasteiger partial charge in [-0.1, -0.05) is 37.3 Å². The highest BCUT2D eigenvalue weighted by atomic mass is 16.2. The second kappa shape index (κ2) is 5.88. The Morgan fingerprint density at radius 3 is 2.52 bits per heavy atom. The molecular weight excluding hydrogens is 264 g/mol. The Morgan fingerprint density at radius 2 is 1.90 bits per heavy atom. The summed E-state index contributed by atoms with van der Waals surface area (Å²) in [5.74, 6) is 0.488. The van der Waals surface area contributed by atoms with Gasteiger partial charge < -0.3 is 10.2 Å². The van der Waals surface area contributed by atoms with Crippen LogP contribution >= 0.6 is 0 Å². The van der Waals surface area contributed by atoms with Crippen molar-refractivity contribution in [2.24, 2.45) is 5.92 Å². The molecule has 1 N–H and O–H groups in total. The maximum absolute atomic E-state index is 12.7. The monoisotopic (exact) mass is 286 g/mol. The SMILES string of the molecule is CCCN1C(=O)C(Cc2ccccc2)NC(=O)C1C1CC1. The fraction of sp³-hybridized carbons (Fsp3) is 0.529. The van der Waals surface area contributed by atoms with E-state index in [1.165, 1.54) is 0 Å². The van der Waals surface area contributed by atoms with Gasteiger partial charge in [0.05, 0.1) is 0 Å². The minimum absolute atomic E-state index is 0.0338. The van der Waals surface area contributed by atoms with Crippen LogP contribution in [0.1, 0.15) is 31.7 Å². The molecule has 4 heteroatoms. The van der Waals surface area contributed by atoms with Crippen molar-refractivity contribution in [2.45, 2.75) is 44.7 Å². The minimum atomic E-state index is -0.415. The maximum Gasteiger partial charge on any atom is 0.246 e. The van der Waals surface area contributed by atoms with Gasteiger partial charge in [0.1, 0.15) is 12.1 Å². The van der Waals surface area contributed by atoms with Crippen molar-refractivity contribution in [3.8, 4) is 0 Å². The lowest BCUT2D eigenvalue weighted by atomic mass is 9.98. The summed E-state index contributed by atoms with van der Waals surface area (Å²) >= 11 is 0. The van der Waals surface area contributed by atoms with Crippen molar-refractivity contribution in [3.05, 3.63) is 35.9 Å². The molecule has 2 fully saturated rings. The number of carbonyl (C=O) groups excluding carboxylic acids is 2. The summed E-state index contributed by atoms with van der Waals surface area (Å²) in [5, 5.41) is 2.94. The molecular formula is C17H22N2O2. The van der Waals surface area contributed by atoms with Crippen LogP contribution in [0.25, 0.3) is 0 Å². The van der Waals surface area contributed by atoms with Crippen LogP contribution in [0.4, 0.5) is 0 Å². The second-order valence-corrected chi connectivity index (χ2v) is 6.06. The van der Waals surface area contributed by atoms with Crippen LogP contribution in [0.3, 0.4) is 0 Å². The van der Waals surface area contributed by atoms with E-state index in [1.54, 1.807) is 0 Å². The molecule has 21 heavy (non-hydrogen) atoms. The summed E-state index contributed by atoms with van der Waals surface area (Å²) < 4.78 is 0. The van der Waals surface area contributed by atoms with Crippen LogP contribution < -0.4 is 5.32 Å². The highest BCUT2D eigenvalue weighted by Crippen LogP contribution is 2.37. The zero-order valence-electron chi connectivity index (χ0n) is 12.4. The summed E-state index contributed by atoms with van der Waals surface area (Å²) in [6, 6.07) is 9.22. The summed E-state index contributed by atoms with van der Waals surface area (Å²) in [5.41, 5.74) is 1.08. The van der Waals surface area contributed by atoms with Crippen molar-refractivity contribution >= 4 is 11.8 Å². The predicted octanol–water partition coefficient (Wildman–Crippen LogP) is 1.74. The molecule has 3 rings (SSSR count). The summed E-state index contributed by atoms with van der Waals surface area (Å²) in [4.78, 5) is 26.9. The van der Waals surface area contributed by atoms with Gasteiger partial charge in [-0.05, 0) is 30.7 Å². The topological polar surface area (TPSA) is 49.4 Å². The number of carbonyl (C=O) groups is 2. The van der Waals surface area contributed by atoms with E-state index in [-0.39, 0.29) is 17.9 Å². The lowest BCUT2D eigenvalue weighted by Gasteiger charge is -2.39. The molecule has 0 aromatic heterocycles. The number of hydrogen-bond donors (Lipinski definition) is 1. The largest absolute Gasteiger partial charge is 0.342 e. The molecule has 0 spiro atoms. The van der Waals surface area contributed by atoms with Crippen molar-refractivity contribution in [1.29, 1.82) is 0 Å². The number of amides is 2.